The zero-order chi connectivity index (χ0) is 17.7. The molecule has 1 aromatic rings. The number of esters is 2. The van der Waals surface area contributed by atoms with Gasteiger partial charge in [-0.05, 0) is 43.9 Å². The van der Waals surface area contributed by atoms with Gasteiger partial charge in [0.2, 0.25) is 0 Å². The minimum absolute atomic E-state index is 0.160. The number of carbonyl (C=O) groups excluding carboxylic acids is 3. The third-order valence-electron chi connectivity index (χ3n) is 4.11. The summed E-state index contributed by atoms with van der Waals surface area (Å²) < 4.78 is 15.4. The van der Waals surface area contributed by atoms with E-state index in [0.717, 1.165) is 11.1 Å². The van der Waals surface area contributed by atoms with Crippen LogP contribution in [-0.4, -0.2) is 38.0 Å². The minimum Gasteiger partial charge on any atom is -0.496 e. The number of methoxy groups -OCH3 is 1. The van der Waals surface area contributed by atoms with Crippen LogP contribution in [0.15, 0.2) is 18.2 Å². The van der Waals surface area contributed by atoms with Gasteiger partial charge in [0.1, 0.15) is 17.6 Å². The van der Waals surface area contributed by atoms with E-state index in [0.29, 0.717) is 5.75 Å². The molecular weight excluding hydrogens is 312 g/mol. The first-order valence-electron chi connectivity index (χ1n) is 8.05. The summed E-state index contributed by atoms with van der Waals surface area (Å²) >= 11 is 0. The molecule has 0 spiro atoms. The highest BCUT2D eigenvalue weighted by Crippen LogP contribution is 2.33. The summed E-state index contributed by atoms with van der Waals surface area (Å²) in [5.41, 5.74) is 1.57. The zero-order valence-corrected chi connectivity index (χ0v) is 14.2. The van der Waals surface area contributed by atoms with Gasteiger partial charge in [-0.15, -0.1) is 0 Å². The lowest BCUT2D eigenvalue weighted by molar-refractivity contribution is -0.157. The van der Waals surface area contributed by atoms with Gasteiger partial charge < -0.3 is 14.2 Å². The van der Waals surface area contributed by atoms with Gasteiger partial charge in [-0.1, -0.05) is 12.1 Å². The topological polar surface area (TPSA) is 78.9 Å². The highest BCUT2D eigenvalue weighted by molar-refractivity contribution is 6.09. The van der Waals surface area contributed by atoms with E-state index in [2.05, 4.69) is 0 Å². The van der Waals surface area contributed by atoms with Crippen molar-refractivity contribution in [2.24, 2.45) is 11.8 Å². The van der Waals surface area contributed by atoms with E-state index in [4.69, 9.17) is 14.2 Å². The highest BCUT2D eigenvalue weighted by atomic mass is 16.5. The molecule has 0 N–H and O–H groups in total. The van der Waals surface area contributed by atoms with Gasteiger partial charge in [-0.3, -0.25) is 14.4 Å². The zero-order valence-electron chi connectivity index (χ0n) is 14.2. The maximum absolute atomic E-state index is 12.8. The van der Waals surface area contributed by atoms with Crippen molar-refractivity contribution in [1.82, 2.24) is 0 Å². The Bertz CT molecular complexity index is 636. The minimum atomic E-state index is -1.03. The fourth-order valence-corrected chi connectivity index (χ4v) is 2.98. The molecule has 0 amide bonds. The molecule has 6 nitrogen and oxygen atoms in total. The standard InChI is InChI=1S/C18H22O6/c1-4-23-17(20)13-9-11-7-6-8-15(22-3)12(11)10-14(16(13)19)18(21)24-5-2/h6-8,13-14H,4-5,9-10H2,1-3H3/t13-,14+/m0/s1. The second-order valence-electron chi connectivity index (χ2n) is 5.52. The Morgan fingerprint density at radius 1 is 1.04 bits per heavy atom. The lowest BCUT2D eigenvalue weighted by Crippen LogP contribution is -2.36. The van der Waals surface area contributed by atoms with Crippen molar-refractivity contribution < 1.29 is 28.6 Å². The van der Waals surface area contributed by atoms with E-state index in [9.17, 15) is 14.4 Å². The van der Waals surface area contributed by atoms with Crippen molar-refractivity contribution >= 4 is 17.7 Å². The largest absolute Gasteiger partial charge is 0.496 e. The number of hydrogen-bond acceptors (Lipinski definition) is 6. The van der Waals surface area contributed by atoms with Crippen molar-refractivity contribution in [3.63, 3.8) is 0 Å². The predicted octanol–water partition coefficient (Wildman–Crippen LogP) is 1.72. The summed E-state index contributed by atoms with van der Waals surface area (Å²) in [4.78, 5) is 37.3. The SMILES string of the molecule is CCOC(=O)[C@H]1Cc2cccc(OC)c2C[C@@H](C(=O)OCC)C1=O. The number of benzene rings is 1. The van der Waals surface area contributed by atoms with Crippen LogP contribution in [0, 0.1) is 11.8 Å². The average molecular weight is 334 g/mol. The smallest absolute Gasteiger partial charge is 0.316 e. The first-order chi connectivity index (χ1) is 11.5. The van der Waals surface area contributed by atoms with E-state index >= 15 is 0 Å². The third kappa shape index (κ3) is 3.58. The second kappa shape index (κ2) is 7.95. The van der Waals surface area contributed by atoms with Crippen molar-refractivity contribution in [3.05, 3.63) is 29.3 Å². The van der Waals surface area contributed by atoms with Gasteiger partial charge in [-0.2, -0.15) is 0 Å². The number of rotatable bonds is 5. The first-order valence-corrected chi connectivity index (χ1v) is 8.05. The average Bonchev–Trinajstić information content (AvgIpc) is 2.72. The quantitative estimate of drug-likeness (QED) is 0.463. The van der Waals surface area contributed by atoms with Crippen molar-refractivity contribution in [2.45, 2.75) is 26.7 Å². The van der Waals surface area contributed by atoms with E-state index in [-0.39, 0.29) is 26.1 Å². The molecule has 0 aliphatic heterocycles. The fourth-order valence-electron chi connectivity index (χ4n) is 2.98. The van der Waals surface area contributed by atoms with Gasteiger partial charge in [0.25, 0.3) is 0 Å². The summed E-state index contributed by atoms with van der Waals surface area (Å²) in [7, 11) is 1.53. The van der Waals surface area contributed by atoms with Crippen LogP contribution >= 0.6 is 0 Å². The Labute approximate surface area is 141 Å². The highest BCUT2D eigenvalue weighted by Gasteiger charge is 2.41. The lowest BCUT2D eigenvalue weighted by atomic mass is 9.90. The lowest BCUT2D eigenvalue weighted by Gasteiger charge is -2.16. The van der Waals surface area contributed by atoms with E-state index in [1.165, 1.54) is 7.11 Å². The van der Waals surface area contributed by atoms with Crippen LogP contribution in [0.5, 0.6) is 5.75 Å². The van der Waals surface area contributed by atoms with Gasteiger partial charge in [-0.25, -0.2) is 0 Å². The molecule has 0 fully saturated rings. The van der Waals surface area contributed by atoms with Crippen LogP contribution in [0.2, 0.25) is 0 Å². The van der Waals surface area contributed by atoms with Gasteiger partial charge in [0.15, 0.2) is 5.78 Å². The van der Waals surface area contributed by atoms with Crippen LogP contribution in [0.1, 0.15) is 25.0 Å². The van der Waals surface area contributed by atoms with E-state index in [1.807, 2.05) is 6.07 Å². The Morgan fingerprint density at radius 3 is 2.17 bits per heavy atom. The van der Waals surface area contributed by atoms with E-state index < -0.39 is 29.6 Å². The predicted molar refractivity (Wildman–Crippen MR) is 85.7 cm³/mol. The normalized spacial score (nSPS) is 19.9. The molecular formula is C18H22O6. The maximum atomic E-state index is 12.8. The number of ketones is 1. The molecule has 6 heteroatoms. The summed E-state index contributed by atoms with van der Waals surface area (Å²) in [6.07, 6.45) is 0.354. The fraction of sp³-hybridized carbons (Fsp3) is 0.500. The van der Waals surface area contributed by atoms with Crippen molar-refractivity contribution in [1.29, 1.82) is 0 Å². The molecule has 0 bridgehead atoms. The molecule has 0 saturated heterocycles. The molecule has 24 heavy (non-hydrogen) atoms. The van der Waals surface area contributed by atoms with Crippen molar-refractivity contribution in [3.8, 4) is 5.75 Å². The van der Waals surface area contributed by atoms with E-state index in [1.54, 1.807) is 26.0 Å². The molecule has 0 unspecified atom stereocenters. The molecule has 1 aliphatic carbocycles. The molecule has 0 radical (unpaired) electrons. The number of carbonyl (C=O) groups is 3. The van der Waals surface area contributed by atoms with Crippen molar-refractivity contribution in [2.75, 3.05) is 20.3 Å². The number of Topliss-reactive ketones (excluding diaryl/α,β-unsaturated/α-hetero) is 1. The molecule has 0 aromatic heterocycles. The molecule has 1 aliphatic rings. The Hall–Kier alpha value is -2.37. The van der Waals surface area contributed by atoms with Gasteiger partial charge in [0.05, 0.1) is 20.3 Å². The number of ether oxygens (including phenoxy) is 3. The summed E-state index contributed by atoms with van der Waals surface area (Å²) in [6.45, 7) is 3.71. The number of fused-ring (bicyclic) bond motifs is 1. The Morgan fingerprint density at radius 2 is 1.62 bits per heavy atom. The first kappa shape index (κ1) is 18.0. The van der Waals surface area contributed by atoms with Crippen LogP contribution in [0.25, 0.3) is 0 Å². The van der Waals surface area contributed by atoms with Gasteiger partial charge in [0, 0.05) is 0 Å². The van der Waals surface area contributed by atoms with Crippen LogP contribution < -0.4 is 4.74 Å². The molecule has 1 aromatic carbocycles. The number of hydrogen-bond donors (Lipinski definition) is 0. The Kier molecular flexibility index (Phi) is 5.95. The Balaban J connectivity index is 2.47. The summed E-state index contributed by atoms with van der Waals surface area (Å²) in [6, 6.07) is 5.41. The van der Waals surface area contributed by atoms with Crippen LogP contribution in [-0.2, 0) is 36.7 Å². The molecule has 2 rings (SSSR count). The summed E-state index contributed by atoms with van der Waals surface area (Å²) in [5.74, 6) is -3.11. The van der Waals surface area contributed by atoms with Gasteiger partial charge >= 0.3 is 11.9 Å². The monoisotopic (exact) mass is 334 g/mol. The molecule has 0 saturated carbocycles. The van der Waals surface area contributed by atoms with Crippen LogP contribution in [0.4, 0.5) is 0 Å². The molecule has 130 valence electrons. The third-order valence-corrected chi connectivity index (χ3v) is 4.11. The second-order valence-corrected chi connectivity index (χ2v) is 5.52. The molecule has 2 atom stereocenters. The maximum Gasteiger partial charge on any atom is 0.316 e. The molecule has 0 heterocycles. The summed E-state index contributed by atoms with van der Waals surface area (Å²) in [5, 5.41) is 0. The van der Waals surface area contributed by atoms with Crippen LogP contribution in [0.3, 0.4) is 0 Å².